The molecule has 0 amide bonds. The highest BCUT2D eigenvalue weighted by atomic mass is 35.5. The predicted molar refractivity (Wildman–Crippen MR) is 80.3 cm³/mol. The fourth-order valence-corrected chi connectivity index (χ4v) is 2.36. The molecule has 0 unspecified atom stereocenters. The number of pyridine rings is 1. The number of benzene rings is 1. The van der Waals surface area contributed by atoms with Crippen molar-refractivity contribution in [2.45, 2.75) is 6.92 Å². The summed E-state index contributed by atoms with van der Waals surface area (Å²) in [6.07, 6.45) is 1.61. The Bertz CT molecular complexity index is 977. The largest absolute Gasteiger partial charge is 0.416 e. The van der Waals surface area contributed by atoms with Crippen LogP contribution in [-0.2, 0) is 0 Å². The maximum atomic E-state index is 6.14. The van der Waals surface area contributed by atoms with Crippen LogP contribution in [0, 0.1) is 6.92 Å². The molecular weight excluding hydrogens is 304 g/mol. The first kappa shape index (κ1) is 13.0. The highest BCUT2D eigenvalue weighted by Gasteiger charge is 2.15. The van der Waals surface area contributed by atoms with Crippen molar-refractivity contribution < 1.29 is 8.94 Å². The average Bonchev–Trinajstić information content (AvgIpc) is 3.15. The normalized spacial score (nSPS) is 11.2. The van der Waals surface area contributed by atoms with Gasteiger partial charge < -0.3 is 8.94 Å². The van der Waals surface area contributed by atoms with Gasteiger partial charge in [0.1, 0.15) is 0 Å². The van der Waals surface area contributed by atoms with Crippen LogP contribution in [0.2, 0.25) is 5.02 Å². The van der Waals surface area contributed by atoms with Gasteiger partial charge in [0, 0.05) is 6.20 Å². The topological polar surface area (TPSA) is 77.8 Å². The van der Waals surface area contributed by atoms with E-state index in [2.05, 4.69) is 20.3 Å². The van der Waals surface area contributed by atoms with Gasteiger partial charge in [0.15, 0.2) is 0 Å². The lowest BCUT2D eigenvalue weighted by Crippen LogP contribution is -1.81. The smallest absolute Gasteiger partial charge is 0.257 e. The van der Waals surface area contributed by atoms with Crippen molar-refractivity contribution in [1.82, 2.24) is 20.3 Å². The molecule has 0 fully saturated rings. The zero-order chi connectivity index (χ0) is 15.1. The summed E-state index contributed by atoms with van der Waals surface area (Å²) in [6.45, 7) is 1.85. The minimum Gasteiger partial charge on any atom is -0.416 e. The van der Waals surface area contributed by atoms with E-state index in [0.29, 0.717) is 33.6 Å². The van der Waals surface area contributed by atoms with E-state index in [0.717, 1.165) is 11.1 Å². The number of nitrogens with zero attached hydrogens (tertiary/aromatic N) is 4. The van der Waals surface area contributed by atoms with E-state index in [1.165, 1.54) is 0 Å². The van der Waals surface area contributed by atoms with Crippen molar-refractivity contribution in [2.24, 2.45) is 0 Å². The molecule has 3 heterocycles. The van der Waals surface area contributed by atoms with Crippen LogP contribution in [0.15, 0.2) is 45.5 Å². The third kappa shape index (κ3) is 2.05. The molecule has 7 heteroatoms. The Morgan fingerprint density at radius 3 is 2.77 bits per heavy atom. The molecule has 22 heavy (non-hydrogen) atoms. The minimum atomic E-state index is 0.364. The fourth-order valence-electron chi connectivity index (χ4n) is 2.15. The lowest BCUT2D eigenvalue weighted by atomic mass is 10.2. The Morgan fingerprint density at radius 1 is 1.09 bits per heavy atom. The van der Waals surface area contributed by atoms with Crippen LogP contribution >= 0.6 is 11.6 Å². The number of hydrogen-bond acceptors (Lipinski definition) is 6. The fraction of sp³-hybridized carbons (Fsp3) is 0.0667. The van der Waals surface area contributed by atoms with Crippen LogP contribution in [-0.4, -0.2) is 20.3 Å². The van der Waals surface area contributed by atoms with Crippen LogP contribution < -0.4 is 0 Å². The molecule has 0 aliphatic carbocycles. The summed E-state index contributed by atoms with van der Waals surface area (Å²) in [5.74, 6) is 0.729. The molecule has 3 aromatic heterocycles. The Kier molecular flexibility index (Phi) is 2.90. The van der Waals surface area contributed by atoms with Gasteiger partial charge in [0.2, 0.25) is 11.8 Å². The Labute approximate surface area is 129 Å². The van der Waals surface area contributed by atoms with Crippen LogP contribution in [0.5, 0.6) is 0 Å². The zero-order valence-electron chi connectivity index (χ0n) is 11.4. The first-order chi connectivity index (χ1) is 10.7. The molecule has 6 nitrogen and oxygen atoms in total. The number of fused-ring (bicyclic) bond motifs is 1. The summed E-state index contributed by atoms with van der Waals surface area (Å²) in [6, 6.07) is 9.16. The van der Waals surface area contributed by atoms with Gasteiger partial charge in [-0.15, -0.1) is 10.2 Å². The van der Waals surface area contributed by atoms with E-state index in [1.54, 1.807) is 12.3 Å². The first-order valence-corrected chi connectivity index (χ1v) is 6.91. The van der Waals surface area contributed by atoms with Crippen LogP contribution in [0.1, 0.15) is 5.69 Å². The predicted octanol–water partition coefficient (Wildman–Crippen LogP) is 3.90. The maximum Gasteiger partial charge on any atom is 0.257 e. The second-order valence-electron chi connectivity index (χ2n) is 4.74. The van der Waals surface area contributed by atoms with E-state index in [4.69, 9.17) is 20.5 Å². The first-order valence-electron chi connectivity index (χ1n) is 6.53. The molecule has 0 saturated carbocycles. The molecule has 0 saturated heterocycles. The molecule has 1 aromatic carbocycles. The van der Waals surface area contributed by atoms with E-state index < -0.39 is 0 Å². The Hall–Kier alpha value is -2.73. The number of hydrogen-bond donors (Lipinski definition) is 0. The van der Waals surface area contributed by atoms with Crippen molar-refractivity contribution in [2.75, 3.05) is 0 Å². The Balaban J connectivity index is 1.80. The standard InChI is InChI=1S/C15H9ClN4O2/c1-8-11-6-9(7-17-14(11)22-20-8)13-18-19-15(21-13)10-4-2-3-5-12(10)16/h2-7H,1H3. The molecular formula is C15H9ClN4O2. The van der Waals surface area contributed by atoms with Crippen molar-refractivity contribution in [3.8, 4) is 22.9 Å². The van der Waals surface area contributed by atoms with Gasteiger partial charge >= 0.3 is 0 Å². The molecule has 0 radical (unpaired) electrons. The summed E-state index contributed by atoms with van der Waals surface area (Å²) in [5.41, 5.74) is 2.63. The maximum absolute atomic E-state index is 6.14. The highest BCUT2D eigenvalue weighted by Crippen LogP contribution is 2.30. The second kappa shape index (κ2) is 4.92. The van der Waals surface area contributed by atoms with E-state index in [-0.39, 0.29) is 0 Å². The number of aromatic nitrogens is 4. The second-order valence-corrected chi connectivity index (χ2v) is 5.14. The minimum absolute atomic E-state index is 0.364. The van der Waals surface area contributed by atoms with Gasteiger partial charge in [-0.2, -0.15) is 0 Å². The van der Waals surface area contributed by atoms with Crippen molar-refractivity contribution in [3.63, 3.8) is 0 Å². The molecule has 0 aliphatic heterocycles. The van der Waals surface area contributed by atoms with Gasteiger partial charge in [0.05, 0.1) is 27.2 Å². The van der Waals surface area contributed by atoms with E-state index in [9.17, 15) is 0 Å². The zero-order valence-corrected chi connectivity index (χ0v) is 12.2. The summed E-state index contributed by atoms with van der Waals surface area (Å²) >= 11 is 6.14. The molecule has 4 aromatic rings. The lowest BCUT2D eigenvalue weighted by Gasteiger charge is -1.97. The highest BCUT2D eigenvalue weighted by molar-refractivity contribution is 6.33. The summed E-state index contributed by atoms with van der Waals surface area (Å²) in [4.78, 5) is 4.19. The molecule has 0 bridgehead atoms. The SMILES string of the molecule is Cc1noc2ncc(-c3nnc(-c4ccccc4Cl)o3)cc12. The third-order valence-electron chi connectivity index (χ3n) is 3.29. The summed E-state index contributed by atoms with van der Waals surface area (Å²) in [5, 5.41) is 13.3. The van der Waals surface area contributed by atoms with Crippen molar-refractivity contribution in [1.29, 1.82) is 0 Å². The van der Waals surface area contributed by atoms with Crippen LogP contribution in [0.4, 0.5) is 0 Å². The monoisotopic (exact) mass is 312 g/mol. The summed E-state index contributed by atoms with van der Waals surface area (Å²) in [7, 11) is 0. The lowest BCUT2D eigenvalue weighted by molar-refractivity contribution is 0.443. The van der Waals surface area contributed by atoms with Crippen molar-refractivity contribution >= 4 is 22.7 Å². The number of aryl methyl sites for hydroxylation is 1. The van der Waals surface area contributed by atoms with E-state index >= 15 is 0 Å². The third-order valence-corrected chi connectivity index (χ3v) is 3.62. The molecule has 0 aliphatic rings. The number of rotatable bonds is 2. The van der Waals surface area contributed by atoms with E-state index in [1.807, 2.05) is 31.2 Å². The van der Waals surface area contributed by atoms with Crippen LogP contribution in [0.3, 0.4) is 0 Å². The molecule has 108 valence electrons. The molecule has 0 spiro atoms. The Morgan fingerprint density at radius 2 is 1.91 bits per heavy atom. The molecule has 0 N–H and O–H groups in total. The van der Waals surface area contributed by atoms with Crippen LogP contribution in [0.25, 0.3) is 34.0 Å². The van der Waals surface area contributed by atoms with Gasteiger partial charge in [-0.05, 0) is 25.1 Å². The molecule has 0 atom stereocenters. The summed E-state index contributed by atoms with van der Waals surface area (Å²) < 4.78 is 10.8. The quantitative estimate of drug-likeness (QED) is 0.558. The molecule has 4 rings (SSSR count). The van der Waals surface area contributed by atoms with Crippen molar-refractivity contribution in [3.05, 3.63) is 47.2 Å². The average molecular weight is 313 g/mol. The van der Waals surface area contributed by atoms with Gasteiger partial charge in [-0.25, -0.2) is 4.98 Å². The van der Waals surface area contributed by atoms with Gasteiger partial charge in [0.25, 0.3) is 5.71 Å². The number of halogens is 1. The van der Waals surface area contributed by atoms with Gasteiger partial charge in [-0.1, -0.05) is 28.9 Å². The van der Waals surface area contributed by atoms with Gasteiger partial charge in [-0.3, -0.25) is 0 Å².